The summed E-state index contributed by atoms with van der Waals surface area (Å²) in [6, 6.07) is 6.51. The van der Waals surface area contributed by atoms with Gasteiger partial charge in [0.05, 0.1) is 12.0 Å². The van der Waals surface area contributed by atoms with Crippen molar-refractivity contribution in [1.82, 2.24) is 4.31 Å². The first-order chi connectivity index (χ1) is 9.07. The van der Waals surface area contributed by atoms with Gasteiger partial charge in [-0.3, -0.25) is 0 Å². The van der Waals surface area contributed by atoms with Crippen LogP contribution < -0.4 is 4.74 Å². The molecule has 6 heteroatoms. The van der Waals surface area contributed by atoms with Gasteiger partial charge in [0, 0.05) is 25.8 Å². The smallest absolute Gasteiger partial charge is 0.243 e. The molecule has 0 aromatic heterocycles. The number of aliphatic hydroxyl groups is 1. The van der Waals surface area contributed by atoms with Crippen LogP contribution in [0.15, 0.2) is 29.2 Å². The molecule has 19 heavy (non-hydrogen) atoms. The van der Waals surface area contributed by atoms with Gasteiger partial charge in [0.2, 0.25) is 10.0 Å². The van der Waals surface area contributed by atoms with Gasteiger partial charge < -0.3 is 9.84 Å². The number of aliphatic hydroxyl groups excluding tert-OH is 1. The zero-order valence-corrected chi connectivity index (χ0v) is 11.8. The highest BCUT2D eigenvalue weighted by Crippen LogP contribution is 2.25. The van der Waals surface area contributed by atoms with Crippen molar-refractivity contribution in [2.45, 2.75) is 17.7 Å². The summed E-state index contributed by atoms with van der Waals surface area (Å²) in [4.78, 5) is 0.259. The van der Waals surface area contributed by atoms with Crippen LogP contribution in [0.2, 0.25) is 0 Å². The number of methoxy groups -OCH3 is 1. The van der Waals surface area contributed by atoms with E-state index in [1.807, 2.05) is 0 Å². The molecule has 1 aliphatic rings. The number of hydrogen-bond acceptors (Lipinski definition) is 4. The lowest BCUT2D eigenvalue weighted by Gasteiger charge is -2.30. The van der Waals surface area contributed by atoms with E-state index < -0.39 is 10.0 Å². The van der Waals surface area contributed by atoms with Gasteiger partial charge in [0.1, 0.15) is 5.75 Å². The van der Waals surface area contributed by atoms with Crippen molar-refractivity contribution in [2.75, 3.05) is 26.8 Å². The van der Waals surface area contributed by atoms with E-state index in [1.54, 1.807) is 18.2 Å². The third-order valence-corrected chi connectivity index (χ3v) is 5.41. The molecule has 1 aromatic carbocycles. The molecule has 0 spiro atoms. The molecule has 0 amide bonds. The molecule has 0 aliphatic carbocycles. The molecule has 0 saturated carbocycles. The largest absolute Gasteiger partial charge is 0.497 e. The zero-order chi connectivity index (χ0) is 13.9. The van der Waals surface area contributed by atoms with Gasteiger partial charge in [-0.15, -0.1) is 0 Å². The summed E-state index contributed by atoms with van der Waals surface area (Å²) in [5.74, 6) is 0.753. The molecule has 5 nitrogen and oxygen atoms in total. The summed E-state index contributed by atoms with van der Waals surface area (Å²) >= 11 is 0. The Morgan fingerprint density at radius 3 is 2.63 bits per heavy atom. The molecule has 0 unspecified atom stereocenters. The molecule has 1 aliphatic heterocycles. The number of sulfonamides is 1. The maximum atomic E-state index is 12.5. The van der Waals surface area contributed by atoms with Crippen molar-refractivity contribution < 1.29 is 18.3 Å². The highest BCUT2D eigenvalue weighted by atomic mass is 32.2. The SMILES string of the molecule is COc1cccc(S(=O)(=O)N2CCC(CO)CC2)c1. The van der Waals surface area contributed by atoms with Crippen LogP contribution in [0.25, 0.3) is 0 Å². The maximum Gasteiger partial charge on any atom is 0.243 e. The van der Waals surface area contributed by atoms with Crippen LogP contribution >= 0.6 is 0 Å². The second-order valence-electron chi connectivity index (χ2n) is 4.71. The molecule has 106 valence electrons. The van der Waals surface area contributed by atoms with Crippen molar-refractivity contribution >= 4 is 10.0 Å². The van der Waals surface area contributed by atoms with E-state index in [-0.39, 0.29) is 17.4 Å². The average Bonchev–Trinajstić information content (AvgIpc) is 2.47. The van der Waals surface area contributed by atoms with Crippen molar-refractivity contribution in [1.29, 1.82) is 0 Å². The Balaban J connectivity index is 2.18. The van der Waals surface area contributed by atoms with E-state index in [0.29, 0.717) is 31.7 Å². The summed E-state index contributed by atoms with van der Waals surface area (Å²) in [7, 11) is -1.94. The lowest BCUT2D eigenvalue weighted by Crippen LogP contribution is -2.39. The molecule has 1 saturated heterocycles. The molecule has 0 radical (unpaired) electrons. The van der Waals surface area contributed by atoms with Gasteiger partial charge in [-0.1, -0.05) is 6.07 Å². The molecular formula is C13H19NO4S. The molecule has 1 fully saturated rings. The quantitative estimate of drug-likeness (QED) is 0.899. The molecule has 0 bridgehead atoms. The Morgan fingerprint density at radius 2 is 2.05 bits per heavy atom. The van der Waals surface area contributed by atoms with Crippen LogP contribution in [0.5, 0.6) is 5.75 Å². The average molecular weight is 285 g/mol. The van der Waals surface area contributed by atoms with E-state index in [4.69, 9.17) is 9.84 Å². The lowest BCUT2D eigenvalue weighted by molar-refractivity contribution is 0.170. The number of hydrogen-bond donors (Lipinski definition) is 1. The fourth-order valence-corrected chi connectivity index (χ4v) is 3.75. The van der Waals surface area contributed by atoms with Crippen LogP contribution in [-0.4, -0.2) is 44.6 Å². The zero-order valence-electron chi connectivity index (χ0n) is 10.9. The number of nitrogens with zero attached hydrogens (tertiary/aromatic N) is 1. The van der Waals surface area contributed by atoms with Gasteiger partial charge in [-0.2, -0.15) is 4.31 Å². The summed E-state index contributed by atoms with van der Waals surface area (Å²) in [5, 5.41) is 9.08. The van der Waals surface area contributed by atoms with Gasteiger partial charge in [0.25, 0.3) is 0 Å². The highest BCUT2D eigenvalue weighted by Gasteiger charge is 2.29. The first-order valence-corrected chi connectivity index (χ1v) is 7.77. The van der Waals surface area contributed by atoms with Crippen LogP contribution in [0.3, 0.4) is 0 Å². The minimum atomic E-state index is -3.45. The second kappa shape index (κ2) is 5.90. The second-order valence-corrected chi connectivity index (χ2v) is 6.65. The Labute approximate surface area is 113 Å². The fourth-order valence-electron chi connectivity index (χ4n) is 2.24. The van der Waals surface area contributed by atoms with E-state index in [2.05, 4.69) is 0 Å². The normalized spacial score (nSPS) is 18.4. The number of ether oxygens (including phenoxy) is 1. The lowest BCUT2D eigenvalue weighted by atomic mass is 10.00. The van der Waals surface area contributed by atoms with E-state index in [9.17, 15) is 8.42 Å². The first-order valence-electron chi connectivity index (χ1n) is 6.33. The summed E-state index contributed by atoms with van der Waals surface area (Å²) in [6.07, 6.45) is 1.42. The van der Waals surface area contributed by atoms with Crippen LogP contribution in [0, 0.1) is 5.92 Å². The topological polar surface area (TPSA) is 66.8 Å². The first kappa shape index (κ1) is 14.3. The minimum absolute atomic E-state index is 0.132. The predicted molar refractivity (Wildman–Crippen MR) is 71.6 cm³/mol. The highest BCUT2D eigenvalue weighted by molar-refractivity contribution is 7.89. The predicted octanol–water partition coefficient (Wildman–Crippen LogP) is 1.09. The van der Waals surface area contributed by atoms with Crippen LogP contribution in [0.1, 0.15) is 12.8 Å². The molecule has 1 heterocycles. The third-order valence-electron chi connectivity index (χ3n) is 3.51. The molecule has 1 N–H and O–H groups in total. The maximum absolute atomic E-state index is 12.5. The van der Waals surface area contributed by atoms with E-state index >= 15 is 0 Å². The van der Waals surface area contributed by atoms with Crippen molar-refractivity contribution in [3.8, 4) is 5.75 Å². The third kappa shape index (κ3) is 3.08. The van der Waals surface area contributed by atoms with Crippen molar-refractivity contribution in [3.05, 3.63) is 24.3 Å². The van der Waals surface area contributed by atoms with Gasteiger partial charge in [-0.25, -0.2) is 8.42 Å². The minimum Gasteiger partial charge on any atom is -0.497 e. The van der Waals surface area contributed by atoms with Gasteiger partial charge in [0.15, 0.2) is 0 Å². The molecule has 1 aromatic rings. The molecule has 0 atom stereocenters. The van der Waals surface area contributed by atoms with E-state index in [0.717, 1.165) is 0 Å². The Hall–Kier alpha value is -1.11. The summed E-state index contributed by atoms with van der Waals surface area (Å²) < 4.78 is 31.5. The van der Waals surface area contributed by atoms with Gasteiger partial charge in [-0.05, 0) is 30.9 Å². The van der Waals surface area contributed by atoms with Crippen molar-refractivity contribution in [3.63, 3.8) is 0 Å². The molecule has 2 rings (SSSR count). The van der Waals surface area contributed by atoms with Crippen LogP contribution in [-0.2, 0) is 10.0 Å². The number of rotatable bonds is 4. The fraction of sp³-hybridized carbons (Fsp3) is 0.538. The number of benzene rings is 1. The van der Waals surface area contributed by atoms with Gasteiger partial charge >= 0.3 is 0 Å². The Bertz CT molecular complexity index is 521. The van der Waals surface area contributed by atoms with E-state index in [1.165, 1.54) is 17.5 Å². The summed E-state index contributed by atoms with van der Waals surface area (Å²) in [5.41, 5.74) is 0. The van der Waals surface area contributed by atoms with Crippen molar-refractivity contribution in [2.24, 2.45) is 5.92 Å². The Morgan fingerprint density at radius 1 is 1.37 bits per heavy atom. The monoisotopic (exact) mass is 285 g/mol. The number of piperidine rings is 1. The Kier molecular flexibility index (Phi) is 4.44. The molecular weight excluding hydrogens is 266 g/mol. The summed E-state index contributed by atoms with van der Waals surface area (Å²) in [6.45, 7) is 1.06. The standard InChI is InChI=1S/C13H19NO4S/c1-18-12-3-2-4-13(9-12)19(16,17)14-7-5-11(10-15)6-8-14/h2-4,9,11,15H,5-8,10H2,1H3. The van der Waals surface area contributed by atoms with Crippen LogP contribution in [0.4, 0.5) is 0 Å².